The quantitative estimate of drug-likeness (QED) is 0.296. The van der Waals surface area contributed by atoms with E-state index >= 15 is 0 Å². The Morgan fingerprint density at radius 3 is 2.27 bits per heavy atom. The highest BCUT2D eigenvalue weighted by molar-refractivity contribution is 7.27. The first-order valence-corrected chi connectivity index (χ1v) is 11.3. The van der Waals surface area contributed by atoms with Gasteiger partial charge in [-0.15, -0.1) is 16.4 Å². The van der Waals surface area contributed by atoms with E-state index < -0.39 is 0 Å². The second-order valence-electron chi connectivity index (χ2n) is 9.65. The SMILES string of the molecule is Cc1cc(C)cc(-c2nncc3c2sc2c4ccc(CC(C)(C)C)cc4ccc32)c1. The summed E-state index contributed by atoms with van der Waals surface area (Å²) >= 11 is 1.84. The third-order valence-electron chi connectivity index (χ3n) is 5.56. The predicted octanol–water partition coefficient (Wildman–Crippen LogP) is 7.87. The first-order valence-electron chi connectivity index (χ1n) is 10.5. The highest BCUT2D eigenvalue weighted by atomic mass is 32.1. The molecule has 2 nitrogen and oxygen atoms in total. The number of rotatable bonds is 2. The summed E-state index contributed by atoms with van der Waals surface area (Å²) < 4.78 is 2.54. The molecule has 0 amide bonds. The van der Waals surface area contributed by atoms with Gasteiger partial charge in [0.15, 0.2) is 0 Å². The molecule has 2 heterocycles. The Labute approximate surface area is 181 Å². The van der Waals surface area contributed by atoms with Gasteiger partial charge in [-0.2, -0.15) is 5.10 Å². The van der Waals surface area contributed by atoms with Crippen molar-refractivity contribution in [1.82, 2.24) is 10.2 Å². The molecule has 2 aromatic heterocycles. The highest BCUT2D eigenvalue weighted by Crippen LogP contribution is 2.42. The third-order valence-corrected chi connectivity index (χ3v) is 6.82. The van der Waals surface area contributed by atoms with Gasteiger partial charge >= 0.3 is 0 Å². The first kappa shape index (κ1) is 19.2. The Bertz CT molecular complexity index is 1400. The maximum Gasteiger partial charge on any atom is 0.111 e. The summed E-state index contributed by atoms with van der Waals surface area (Å²) in [5, 5.41) is 14.0. The van der Waals surface area contributed by atoms with E-state index in [-0.39, 0.29) is 5.41 Å². The van der Waals surface area contributed by atoms with Crippen LogP contribution in [0.1, 0.15) is 37.5 Å². The average molecular weight is 411 g/mol. The minimum Gasteiger partial charge on any atom is -0.158 e. The van der Waals surface area contributed by atoms with Crippen LogP contribution in [0.4, 0.5) is 0 Å². The largest absolute Gasteiger partial charge is 0.158 e. The van der Waals surface area contributed by atoms with Gasteiger partial charge in [0, 0.05) is 21.0 Å². The van der Waals surface area contributed by atoms with Crippen LogP contribution in [0, 0.1) is 19.3 Å². The fraction of sp³-hybridized carbons (Fsp3) is 0.259. The van der Waals surface area contributed by atoms with Crippen molar-refractivity contribution >= 4 is 42.3 Å². The molecule has 0 saturated heterocycles. The average Bonchev–Trinajstić information content (AvgIpc) is 3.04. The van der Waals surface area contributed by atoms with Gasteiger partial charge in [-0.25, -0.2) is 0 Å². The van der Waals surface area contributed by atoms with Crippen molar-refractivity contribution in [2.24, 2.45) is 5.41 Å². The lowest BCUT2D eigenvalue weighted by molar-refractivity contribution is 0.411. The minimum absolute atomic E-state index is 0.285. The van der Waals surface area contributed by atoms with Crippen LogP contribution in [0.15, 0.2) is 54.7 Å². The van der Waals surface area contributed by atoms with Gasteiger partial charge in [0.05, 0.1) is 10.9 Å². The van der Waals surface area contributed by atoms with Crippen LogP contribution in [-0.4, -0.2) is 10.2 Å². The van der Waals surface area contributed by atoms with Crippen LogP contribution >= 0.6 is 11.3 Å². The summed E-state index contributed by atoms with van der Waals surface area (Å²) in [6.45, 7) is 11.2. The Morgan fingerprint density at radius 2 is 1.53 bits per heavy atom. The molecular weight excluding hydrogens is 384 g/mol. The summed E-state index contributed by atoms with van der Waals surface area (Å²) in [7, 11) is 0. The Morgan fingerprint density at radius 1 is 0.800 bits per heavy atom. The fourth-order valence-electron chi connectivity index (χ4n) is 4.47. The van der Waals surface area contributed by atoms with E-state index in [2.05, 4.69) is 93.3 Å². The lowest BCUT2D eigenvalue weighted by Gasteiger charge is -2.18. The number of aromatic nitrogens is 2. The number of hydrogen-bond donors (Lipinski definition) is 0. The molecule has 30 heavy (non-hydrogen) atoms. The van der Waals surface area contributed by atoms with Crippen LogP contribution in [0.25, 0.3) is 42.2 Å². The molecule has 0 radical (unpaired) electrons. The maximum atomic E-state index is 4.55. The highest BCUT2D eigenvalue weighted by Gasteiger charge is 2.16. The molecule has 0 fully saturated rings. The van der Waals surface area contributed by atoms with Crippen molar-refractivity contribution in [2.75, 3.05) is 0 Å². The molecule has 0 aliphatic rings. The summed E-state index contributed by atoms with van der Waals surface area (Å²) in [5.74, 6) is 0. The zero-order valence-corrected chi connectivity index (χ0v) is 19.0. The summed E-state index contributed by atoms with van der Waals surface area (Å²) in [4.78, 5) is 0. The molecule has 0 saturated carbocycles. The molecule has 0 bridgehead atoms. The van der Waals surface area contributed by atoms with E-state index in [1.807, 2.05) is 17.5 Å². The number of aryl methyl sites for hydroxylation is 2. The van der Waals surface area contributed by atoms with Crippen molar-refractivity contribution in [3.05, 3.63) is 71.4 Å². The van der Waals surface area contributed by atoms with Gasteiger partial charge in [0.1, 0.15) is 5.69 Å². The Hall–Kier alpha value is -2.78. The topological polar surface area (TPSA) is 25.8 Å². The normalized spacial score (nSPS) is 12.3. The Balaban J connectivity index is 1.75. The molecule has 0 atom stereocenters. The molecule has 150 valence electrons. The molecule has 0 aliphatic carbocycles. The molecule has 5 aromatic rings. The smallest absolute Gasteiger partial charge is 0.111 e. The Kier molecular flexibility index (Phi) is 4.41. The number of thiophene rings is 1. The van der Waals surface area contributed by atoms with E-state index in [0.717, 1.165) is 17.7 Å². The molecule has 0 spiro atoms. The fourth-order valence-corrected chi connectivity index (χ4v) is 5.78. The second kappa shape index (κ2) is 6.88. The summed E-state index contributed by atoms with van der Waals surface area (Å²) in [5.41, 5.74) is 6.32. The number of nitrogens with zero attached hydrogens (tertiary/aromatic N) is 2. The van der Waals surface area contributed by atoms with Crippen molar-refractivity contribution in [2.45, 2.75) is 41.0 Å². The van der Waals surface area contributed by atoms with Gasteiger partial charge in [0.2, 0.25) is 0 Å². The molecule has 3 aromatic carbocycles. The maximum absolute atomic E-state index is 4.55. The van der Waals surface area contributed by atoms with Gasteiger partial charge < -0.3 is 0 Å². The van der Waals surface area contributed by atoms with Crippen molar-refractivity contribution < 1.29 is 0 Å². The third kappa shape index (κ3) is 3.37. The van der Waals surface area contributed by atoms with Crippen LogP contribution in [0.3, 0.4) is 0 Å². The number of fused-ring (bicyclic) bond motifs is 5. The number of benzene rings is 3. The zero-order valence-electron chi connectivity index (χ0n) is 18.2. The van der Waals surface area contributed by atoms with Gasteiger partial charge in [0.25, 0.3) is 0 Å². The first-order chi connectivity index (χ1) is 14.3. The van der Waals surface area contributed by atoms with Crippen LogP contribution in [0.5, 0.6) is 0 Å². The van der Waals surface area contributed by atoms with Gasteiger partial charge in [-0.3, -0.25) is 0 Å². The van der Waals surface area contributed by atoms with Crippen molar-refractivity contribution in [3.8, 4) is 11.3 Å². The lowest BCUT2D eigenvalue weighted by Crippen LogP contribution is -2.08. The van der Waals surface area contributed by atoms with Gasteiger partial charge in [-0.05, 0) is 54.2 Å². The van der Waals surface area contributed by atoms with E-state index in [1.165, 1.54) is 47.6 Å². The lowest BCUT2D eigenvalue weighted by atomic mass is 9.87. The predicted molar refractivity (Wildman–Crippen MR) is 130 cm³/mol. The summed E-state index contributed by atoms with van der Waals surface area (Å²) in [6, 6.07) is 18.1. The van der Waals surface area contributed by atoms with Crippen LogP contribution < -0.4 is 0 Å². The monoisotopic (exact) mass is 410 g/mol. The minimum atomic E-state index is 0.285. The molecule has 5 rings (SSSR count). The van der Waals surface area contributed by atoms with Crippen LogP contribution in [0.2, 0.25) is 0 Å². The van der Waals surface area contributed by atoms with Crippen molar-refractivity contribution in [3.63, 3.8) is 0 Å². The van der Waals surface area contributed by atoms with E-state index in [4.69, 9.17) is 0 Å². The van der Waals surface area contributed by atoms with Gasteiger partial charge in [-0.1, -0.05) is 68.3 Å². The molecule has 0 aliphatic heterocycles. The number of hydrogen-bond acceptors (Lipinski definition) is 3. The molecular formula is C27H26N2S. The van der Waals surface area contributed by atoms with E-state index in [0.29, 0.717) is 0 Å². The van der Waals surface area contributed by atoms with Crippen molar-refractivity contribution in [1.29, 1.82) is 0 Å². The van der Waals surface area contributed by atoms with E-state index in [1.54, 1.807) is 0 Å². The zero-order chi connectivity index (χ0) is 21.0. The molecule has 0 unspecified atom stereocenters. The standard InChI is InChI=1S/C27H26N2S/c1-16-10-17(2)12-20(11-16)24-26-23(15-28-29-24)22-9-7-19-13-18(14-27(3,4)5)6-8-21(19)25(22)30-26/h6-13,15H,14H2,1-5H3. The second-order valence-corrected chi connectivity index (χ2v) is 10.7. The van der Waals surface area contributed by atoms with E-state index in [9.17, 15) is 0 Å². The summed E-state index contributed by atoms with van der Waals surface area (Å²) in [6.07, 6.45) is 3.00. The molecule has 3 heteroatoms. The molecule has 0 N–H and O–H groups in total. The van der Waals surface area contributed by atoms with Crippen LogP contribution in [-0.2, 0) is 6.42 Å².